The van der Waals surface area contributed by atoms with Gasteiger partial charge in [0, 0.05) is 0 Å². The van der Waals surface area contributed by atoms with Crippen LogP contribution in [-0.4, -0.2) is 53.5 Å². The van der Waals surface area contributed by atoms with Crippen molar-refractivity contribution in [2.45, 2.75) is 47.5 Å². The zero-order valence-corrected chi connectivity index (χ0v) is 11.4. The second-order valence-electron chi connectivity index (χ2n) is 4.94. The Morgan fingerprint density at radius 1 is 0.630 bits per heavy atom. The maximum Gasteiger partial charge on any atom is 0.455 e. The minimum absolute atomic E-state index is 1.45. The van der Waals surface area contributed by atoms with E-state index in [4.69, 9.17) is 0 Å². The van der Waals surface area contributed by atoms with E-state index in [1.54, 1.807) is 0 Å². The molecular weight excluding hydrogens is 444 g/mol. The molecule has 0 spiro atoms. The Kier molecular flexibility index (Phi) is 4.63. The summed E-state index contributed by atoms with van der Waals surface area (Å²) in [5, 5.41) is 0. The van der Waals surface area contributed by atoms with Crippen molar-refractivity contribution in [3.8, 4) is 0 Å². The summed E-state index contributed by atoms with van der Waals surface area (Å²) >= 11 is 0. The van der Waals surface area contributed by atoms with Crippen molar-refractivity contribution < 1.29 is 79.8 Å². The molecular formula is C9F16O2. The highest BCUT2D eigenvalue weighted by molar-refractivity contribution is 5.78. The molecule has 1 aliphatic rings. The van der Waals surface area contributed by atoms with Crippen LogP contribution in [0.2, 0.25) is 0 Å². The Hall–Kier alpha value is -1.49. The molecule has 0 aromatic heterocycles. The van der Waals surface area contributed by atoms with E-state index in [0.717, 1.165) is 0 Å². The molecule has 0 saturated heterocycles. The fourth-order valence-electron chi connectivity index (χ4n) is 1.74. The lowest BCUT2D eigenvalue weighted by atomic mass is 10.1. The van der Waals surface area contributed by atoms with Gasteiger partial charge in [0.2, 0.25) is 0 Å². The fourth-order valence-corrected chi connectivity index (χ4v) is 1.74. The van der Waals surface area contributed by atoms with E-state index in [2.05, 4.69) is 0 Å². The number of halogens is 16. The number of hydrogen-bond donors (Lipinski definition) is 0. The van der Waals surface area contributed by atoms with Gasteiger partial charge in [-0.05, 0) is 0 Å². The highest BCUT2D eigenvalue weighted by atomic mass is 19.4. The molecule has 0 amide bonds. The second kappa shape index (κ2) is 5.31. The summed E-state index contributed by atoms with van der Waals surface area (Å²) in [7, 11) is 0. The van der Waals surface area contributed by atoms with Crippen LogP contribution in [0.4, 0.5) is 70.2 Å². The van der Waals surface area contributed by atoms with Gasteiger partial charge in [0.25, 0.3) is 0 Å². The summed E-state index contributed by atoms with van der Waals surface area (Å²) < 4.78 is 207. The summed E-state index contributed by atoms with van der Waals surface area (Å²) in [6, 6.07) is -4.78. The first-order valence-electron chi connectivity index (χ1n) is 5.64. The molecule has 0 aromatic rings. The van der Waals surface area contributed by atoms with Crippen LogP contribution in [0.15, 0.2) is 0 Å². The average Bonchev–Trinajstić information content (AvgIpc) is 2.47. The van der Waals surface area contributed by atoms with Crippen LogP contribution in [0.25, 0.3) is 0 Å². The van der Waals surface area contributed by atoms with Crippen LogP contribution in [0.1, 0.15) is 0 Å². The minimum Gasteiger partial charge on any atom is -0.286 e. The topological polar surface area (TPSA) is 26.3 Å². The van der Waals surface area contributed by atoms with Gasteiger partial charge < -0.3 is 0 Å². The van der Waals surface area contributed by atoms with Gasteiger partial charge in [0.05, 0.1) is 0 Å². The van der Waals surface area contributed by atoms with Gasteiger partial charge in [-0.2, -0.15) is 70.2 Å². The highest BCUT2D eigenvalue weighted by Crippen LogP contribution is 2.71. The molecule has 0 heterocycles. The van der Waals surface area contributed by atoms with Crippen LogP contribution in [0, 0.1) is 0 Å². The lowest BCUT2D eigenvalue weighted by Gasteiger charge is -2.39. The van der Waals surface area contributed by atoms with Gasteiger partial charge in [-0.15, -0.1) is 0 Å². The van der Waals surface area contributed by atoms with E-state index < -0.39 is 53.5 Å². The summed E-state index contributed by atoms with van der Waals surface area (Å²) in [5.74, 6) is -53.9. The van der Waals surface area contributed by atoms with Gasteiger partial charge >= 0.3 is 53.5 Å². The molecule has 1 fully saturated rings. The van der Waals surface area contributed by atoms with E-state index in [1.165, 1.54) is 4.74 Å². The molecule has 18 heteroatoms. The Morgan fingerprint density at radius 2 is 0.926 bits per heavy atom. The second-order valence-corrected chi connectivity index (χ2v) is 4.94. The average molecular weight is 444 g/mol. The van der Waals surface area contributed by atoms with Crippen molar-refractivity contribution in [1.29, 1.82) is 0 Å². The predicted octanol–water partition coefficient (Wildman–Crippen LogP) is 4.58. The molecule has 1 saturated carbocycles. The van der Waals surface area contributed by atoms with Crippen molar-refractivity contribution >= 4 is 6.04 Å². The number of ether oxygens (including phenoxy) is 1. The third-order valence-electron chi connectivity index (χ3n) is 3.29. The number of alkyl halides is 15. The molecule has 1 rings (SSSR count). The molecule has 0 aromatic carbocycles. The van der Waals surface area contributed by atoms with Crippen molar-refractivity contribution in [2.75, 3.05) is 0 Å². The molecule has 1 atom stereocenters. The number of carbonyl (C=O) groups is 1. The van der Waals surface area contributed by atoms with Crippen LogP contribution < -0.4 is 0 Å². The summed E-state index contributed by atoms with van der Waals surface area (Å²) in [4.78, 5) is 9.78. The zero-order chi connectivity index (χ0) is 22.3. The van der Waals surface area contributed by atoms with Crippen molar-refractivity contribution in [3.05, 3.63) is 0 Å². The number of hydrogen-bond acceptors (Lipinski definition) is 2. The third kappa shape index (κ3) is 2.30. The first kappa shape index (κ1) is 23.5. The lowest BCUT2D eigenvalue weighted by molar-refractivity contribution is -0.477. The smallest absolute Gasteiger partial charge is 0.286 e. The van der Waals surface area contributed by atoms with E-state index >= 15 is 0 Å². The summed E-state index contributed by atoms with van der Waals surface area (Å²) in [6.07, 6.45) is -7.75. The van der Waals surface area contributed by atoms with Gasteiger partial charge in [-0.1, -0.05) is 0 Å². The Bertz CT molecular complexity index is 608. The number of carbonyl (C=O) groups excluding carboxylic acids is 1. The lowest BCUT2D eigenvalue weighted by Crippen LogP contribution is -2.68. The van der Waals surface area contributed by atoms with E-state index in [-0.39, 0.29) is 0 Å². The van der Waals surface area contributed by atoms with Gasteiger partial charge in [0.1, 0.15) is 0 Å². The third-order valence-corrected chi connectivity index (χ3v) is 3.29. The van der Waals surface area contributed by atoms with Crippen molar-refractivity contribution in [1.82, 2.24) is 0 Å². The van der Waals surface area contributed by atoms with Crippen LogP contribution >= 0.6 is 0 Å². The van der Waals surface area contributed by atoms with Crippen LogP contribution in [0.3, 0.4) is 0 Å². The largest absolute Gasteiger partial charge is 0.455 e. The normalized spacial score (nSPS) is 27.9. The Morgan fingerprint density at radius 3 is 1.15 bits per heavy atom. The van der Waals surface area contributed by atoms with Gasteiger partial charge in [-0.3, -0.25) is 9.53 Å². The summed E-state index contributed by atoms with van der Waals surface area (Å²) in [5.41, 5.74) is 0. The Balaban J connectivity index is 3.84. The summed E-state index contributed by atoms with van der Waals surface area (Å²) in [6.45, 7) is 0. The maximum absolute atomic E-state index is 13.7. The van der Waals surface area contributed by atoms with E-state index in [9.17, 15) is 75.0 Å². The molecule has 1 unspecified atom stereocenters. The first-order chi connectivity index (χ1) is 11.4. The van der Waals surface area contributed by atoms with E-state index in [0.29, 0.717) is 0 Å². The molecule has 0 aliphatic heterocycles. The molecule has 2 nitrogen and oxygen atoms in total. The van der Waals surface area contributed by atoms with Gasteiger partial charge in [0.15, 0.2) is 0 Å². The standard InChI is InChI=1S/C9F16O2/c10-1(26)2(11,12)7(21,9(23,24)25)27-8(22)5(17,18)3(13,14)4(15,16)6(8,19)20. The molecule has 0 bridgehead atoms. The SMILES string of the molecule is O=C(F)C(F)(F)C(F)(OC1(F)C(F)(F)C(F)(F)C(F)(F)C1(F)F)C(F)(F)F. The maximum atomic E-state index is 13.7. The fraction of sp³-hybridized carbons (Fsp3) is 0.889. The first-order valence-corrected chi connectivity index (χ1v) is 5.64. The van der Waals surface area contributed by atoms with Crippen molar-refractivity contribution in [3.63, 3.8) is 0 Å². The monoisotopic (exact) mass is 444 g/mol. The highest BCUT2D eigenvalue weighted by Gasteiger charge is 3.03. The minimum atomic E-state index is -7.83. The molecule has 27 heavy (non-hydrogen) atoms. The number of rotatable bonds is 4. The zero-order valence-electron chi connectivity index (χ0n) is 11.4. The molecule has 160 valence electrons. The van der Waals surface area contributed by atoms with Gasteiger partial charge in [-0.25, -0.2) is 0 Å². The Labute approximate surface area is 135 Å². The molecule has 0 N–H and O–H groups in total. The predicted molar refractivity (Wildman–Crippen MR) is 45.7 cm³/mol. The molecule has 0 radical (unpaired) electrons. The van der Waals surface area contributed by atoms with Crippen molar-refractivity contribution in [2.24, 2.45) is 0 Å². The van der Waals surface area contributed by atoms with E-state index in [1.807, 2.05) is 0 Å². The quantitative estimate of drug-likeness (QED) is 0.469. The van der Waals surface area contributed by atoms with Crippen LogP contribution in [0.5, 0.6) is 0 Å². The molecule has 1 aliphatic carbocycles. The van der Waals surface area contributed by atoms with Crippen LogP contribution in [-0.2, 0) is 9.53 Å².